The van der Waals surface area contributed by atoms with E-state index < -0.39 is 26.5 Å². The van der Waals surface area contributed by atoms with Crippen LogP contribution in [0.5, 0.6) is 0 Å². The number of unbranched alkanes of at least 4 members (excludes halogenated alkanes) is 30. The van der Waals surface area contributed by atoms with Crippen LogP contribution in [0.2, 0.25) is 0 Å². The first-order chi connectivity index (χ1) is 51.0. The number of hydrogen-bond acceptors (Lipinski definition) is 7. The molecule has 104 heavy (non-hydrogen) atoms. The van der Waals surface area contributed by atoms with Gasteiger partial charge in [0, 0.05) is 12.8 Å². The van der Waals surface area contributed by atoms with E-state index in [9.17, 15) is 19.0 Å². The van der Waals surface area contributed by atoms with Gasteiger partial charge in [-0.15, -0.1) is 0 Å². The van der Waals surface area contributed by atoms with E-state index in [-0.39, 0.29) is 32.0 Å². The van der Waals surface area contributed by atoms with E-state index in [1.165, 1.54) is 161 Å². The van der Waals surface area contributed by atoms with Crippen LogP contribution < -0.4 is 0 Å². The zero-order chi connectivity index (χ0) is 75.4. The highest BCUT2D eigenvalue weighted by atomic mass is 31.2. The molecule has 0 aromatic heterocycles. The van der Waals surface area contributed by atoms with Gasteiger partial charge in [0.1, 0.15) is 19.8 Å². The molecule has 9 nitrogen and oxygen atoms in total. The number of esters is 2. The van der Waals surface area contributed by atoms with Crippen LogP contribution in [0.4, 0.5) is 0 Å². The van der Waals surface area contributed by atoms with Crippen LogP contribution in [0.25, 0.3) is 0 Å². The number of likely N-dealkylation sites (N-methyl/N-ethyl adjacent to an activating group) is 1. The van der Waals surface area contributed by atoms with E-state index in [2.05, 4.69) is 208 Å². The fourth-order valence-corrected chi connectivity index (χ4v) is 12.0. The van der Waals surface area contributed by atoms with Crippen LogP contribution in [0.3, 0.4) is 0 Å². The SMILES string of the molecule is CC/C=C\C/C=C\C/C=C\C/C=C\C/C=C\C/C=C\C/C=C\C/C=C\CCCCCCCCCCCCCCCCCCC(=O)OC(COC(=O)CCCCCCCCCCCCCCCC/C=C\C/C=C\C/C=C\C/C=C\C/C=C\C/C=C\C/C=C\C/C=C\CC)COP(=O)(O)OCC[N+](C)(C)C. The monoisotopic (exact) mass is 1460 g/mol. The number of carbonyl (C=O) groups excluding carboxylic acids is 2. The van der Waals surface area contributed by atoms with Crippen molar-refractivity contribution in [1.29, 1.82) is 0 Å². The number of phosphoric ester groups is 1. The zero-order valence-corrected chi connectivity index (χ0v) is 68.3. The van der Waals surface area contributed by atoms with Crippen molar-refractivity contribution in [3.05, 3.63) is 194 Å². The Bertz CT molecular complexity index is 2470. The summed E-state index contributed by atoms with van der Waals surface area (Å²) in [6.07, 6.45) is 127. The zero-order valence-electron chi connectivity index (χ0n) is 67.4. The van der Waals surface area contributed by atoms with E-state index in [0.29, 0.717) is 17.4 Å². The summed E-state index contributed by atoms with van der Waals surface area (Å²) >= 11 is 0. The van der Waals surface area contributed by atoms with Gasteiger partial charge >= 0.3 is 19.8 Å². The van der Waals surface area contributed by atoms with Crippen LogP contribution in [0.15, 0.2) is 194 Å². The molecule has 2 unspecified atom stereocenters. The maximum Gasteiger partial charge on any atom is 0.472 e. The standard InChI is InChI=1S/C94H156NO8P/c1-6-8-10-12-14-16-18-20-22-24-26-28-30-32-34-36-38-40-42-44-46-47-49-51-53-55-57-59-61-63-65-67-69-71-73-75-77-79-81-83-85-87-94(97)103-92(91-102-104(98,99)101-89-88-95(3,4)5)90-100-93(96)86-84-82-80-78-76-74-72-70-68-66-64-62-60-58-56-54-52-50-48-45-43-41-39-37-35-33-31-29-27-25-23-21-19-17-15-13-11-9-7-2/h8-11,14-17,20-23,26-29,32-35,38-41,44-46,48-49,51-52,54,92H,6-7,12-13,18-19,24-25,30-31,36-37,42-43,47,50,53,55-91H2,1-5H3/p+1/b10-8-,11-9-,16-14-,17-15-,22-20-,23-21-,28-26-,29-27-,34-32-,35-33-,40-38-,41-39-,46-44-,48-45-,51-49-,54-52-. The van der Waals surface area contributed by atoms with Crippen molar-refractivity contribution in [2.45, 2.75) is 341 Å². The Kier molecular flexibility index (Phi) is 77.9. The van der Waals surface area contributed by atoms with E-state index in [4.69, 9.17) is 18.5 Å². The van der Waals surface area contributed by atoms with E-state index in [1.807, 2.05) is 21.1 Å². The molecule has 0 saturated heterocycles. The molecule has 0 amide bonds. The van der Waals surface area contributed by atoms with Gasteiger partial charge in [-0.25, -0.2) is 4.57 Å². The van der Waals surface area contributed by atoms with Gasteiger partial charge in [-0.1, -0.05) is 375 Å². The smallest absolute Gasteiger partial charge is 0.462 e. The summed E-state index contributed by atoms with van der Waals surface area (Å²) in [5.41, 5.74) is 0. The summed E-state index contributed by atoms with van der Waals surface area (Å²) in [5.74, 6) is -0.797. The fourth-order valence-electron chi connectivity index (χ4n) is 11.3. The van der Waals surface area contributed by atoms with E-state index in [1.54, 1.807) is 0 Å². The van der Waals surface area contributed by atoms with Crippen molar-refractivity contribution >= 4 is 19.8 Å². The minimum absolute atomic E-state index is 0.0254. The number of quaternary nitrogens is 1. The van der Waals surface area contributed by atoms with Crippen LogP contribution in [-0.2, 0) is 32.7 Å². The Labute approximate surface area is 641 Å². The largest absolute Gasteiger partial charge is 0.472 e. The Morgan fingerprint density at radius 1 is 0.298 bits per heavy atom. The molecule has 0 aromatic rings. The Morgan fingerprint density at radius 2 is 0.519 bits per heavy atom. The molecule has 0 saturated carbocycles. The average molecular weight is 1460 g/mol. The van der Waals surface area contributed by atoms with Gasteiger partial charge in [0.15, 0.2) is 6.10 Å². The van der Waals surface area contributed by atoms with Gasteiger partial charge in [0.2, 0.25) is 0 Å². The molecular weight excluding hydrogens is 1300 g/mol. The number of rotatable bonds is 76. The van der Waals surface area contributed by atoms with Gasteiger partial charge < -0.3 is 18.9 Å². The second-order valence-corrected chi connectivity index (χ2v) is 30.2. The first-order valence-electron chi connectivity index (χ1n) is 42.2. The molecule has 0 rings (SSSR count). The molecule has 0 radical (unpaired) electrons. The molecular formula is C94H157NO8P+. The molecule has 1 N–H and O–H groups in total. The number of allylic oxidation sites excluding steroid dienone is 32. The Morgan fingerprint density at radius 3 is 0.769 bits per heavy atom. The summed E-state index contributed by atoms with van der Waals surface area (Å²) in [7, 11) is 1.47. The maximum absolute atomic E-state index is 12.9. The van der Waals surface area contributed by atoms with Gasteiger partial charge in [0.05, 0.1) is 27.7 Å². The summed E-state index contributed by atoms with van der Waals surface area (Å²) in [6.45, 7) is 4.22. The molecule has 0 aromatic carbocycles. The quantitative estimate of drug-likeness (QED) is 0.0211. The number of carbonyl (C=O) groups is 2. The lowest BCUT2D eigenvalue weighted by Crippen LogP contribution is -2.37. The number of phosphoric acid groups is 1. The molecule has 2 atom stereocenters. The van der Waals surface area contributed by atoms with Crippen molar-refractivity contribution in [1.82, 2.24) is 0 Å². The van der Waals surface area contributed by atoms with Crippen molar-refractivity contribution in [3.8, 4) is 0 Å². The predicted octanol–water partition coefficient (Wildman–Crippen LogP) is 28.7. The number of hydrogen-bond donors (Lipinski definition) is 1. The molecule has 0 aliphatic carbocycles. The Balaban J connectivity index is 4.00. The minimum atomic E-state index is -4.41. The van der Waals surface area contributed by atoms with Crippen LogP contribution in [-0.4, -0.2) is 74.9 Å². The normalized spacial score (nSPS) is 14.0. The minimum Gasteiger partial charge on any atom is -0.462 e. The van der Waals surface area contributed by atoms with Gasteiger partial charge in [0.25, 0.3) is 0 Å². The molecule has 0 spiro atoms. The number of nitrogens with zero attached hydrogens (tertiary/aromatic N) is 1. The van der Waals surface area contributed by atoms with E-state index >= 15 is 0 Å². The summed E-state index contributed by atoms with van der Waals surface area (Å²) in [4.78, 5) is 36.0. The average Bonchev–Trinajstić information content (AvgIpc) is 0.920. The summed E-state index contributed by atoms with van der Waals surface area (Å²) in [5, 5.41) is 0. The fraction of sp³-hybridized carbons (Fsp3) is 0.638. The molecule has 590 valence electrons. The lowest BCUT2D eigenvalue weighted by molar-refractivity contribution is -0.870. The Hall–Kier alpha value is -5.15. The lowest BCUT2D eigenvalue weighted by Gasteiger charge is -2.24. The molecule has 0 aliphatic heterocycles. The third kappa shape index (κ3) is 85.8. The second kappa shape index (κ2) is 81.9. The second-order valence-electron chi connectivity index (χ2n) is 28.7. The first-order valence-corrected chi connectivity index (χ1v) is 43.7. The third-order valence-corrected chi connectivity index (χ3v) is 18.6. The highest BCUT2D eigenvalue weighted by molar-refractivity contribution is 7.47. The predicted molar refractivity (Wildman–Crippen MR) is 454 cm³/mol. The van der Waals surface area contributed by atoms with Crippen LogP contribution >= 0.6 is 7.82 Å². The third-order valence-electron chi connectivity index (χ3n) is 17.6. The first kappa shape index (κ1) is 98.8. The number of ether oxygens (including phenoxy) is 2. The lowest BCUT2D eigenvalue weighted by atomic mass is 10.0. The molecule has 0 aliphatic rings. The highest BCUT2D eigenvalue weighted by Crippen LogP contribution is 2.43. The van der Waals surface area contributed by atoms with Gasteiger partial charge in [-0.3, -0.25) is 18.6 Å². The van der Waals surface area contributed by atoms with Crippen molar-refractivity contribution < 1.29 is 42.1 Å². The molecule has 0 bridgehead atoms. The molecule has 0 fully saturated rings. The van der Waals surface area contributed by atoms with Crippen molar-refractivity contribution in [2.24, 2.45) is 0 Å². The van der Waals surface area contributed by atoms with Gasteiger partial charge in [-0.2, -0.15) is 0 Å². The topological polar surface area (TPSA) is 108 Å². The summed E-state index contributed by atoms with van der Waals surface area (Å²) in [6, 6.07) is 0. The van der Waals surface area contributed by atoms with E-state index in [0.717, 1.165) is 141 Å². The van der Waals surface area contributed by atoms with Crippen molar-refractivity contribution in [2.75, 3.05) is 47.5 Å². The highest BCUT2D eigenvalue weighted by Gasteiger charge is 2.27. The van der Waals surface area contributed by atoms with Crippen LogP contribution in [0, 0.1) is 0 Å². The molecule has 0 heterocycles. The maximum atomic E-state index is 12.9. The molecule has 10 heteroatoms. The van der Waals surface area contributed by atoms with Crippen LogP contribution in [0.1, 0.15) is 335 Å². The van der Waals surface area contributed by atoms with Gasteiger partial charge in [-0.05, 0) is 141 Å². The summed E-state index contributed by atoms with van der Waals surface area (Å²) < 4.78 is 34.9. The van der Waals surface area contributed by atoms with Crippen molar-refractivity contribution in [3.63, 3.8) is 0 Å².